The third-order valence-electron chi connectivity index (χ3n) is 4.94. The molecule has 6 nitrogen and oxygen atoms in total. The minimum atomic E-state index is -0.296. The number of benzene rings is 1. The summed E-state index contributed by atoms with van der Waals surface area (Å²) in [5.74, 6) is -0.296. The monoisotopic (exact) mass is 363 g/mol. The summed E-state index contributed by atoms with van der Waals surface area (Å²) in [4.78, 5) is 4.56. The second kappa shape index (κ2) is 6.59. The van der Waals surface area contributed by atoms with Gasteiger partial charge in [-0.25, -0.2) is 9.07 Å². The van der Waals surface area contributed by atoms with E-state index in [1.54, 1.807) is 30.7 Å². The largest absolute Gasteiger partial charge is 0.356 e. The number of nitrogens with zero attached hydrogens (tertiary/aromatic N) is 4. The summed E-state index contributed by atoms with van der Waals surface area (Å²) in [5.41, 5.74) is 3.55. The van der Waals surface area contributed by atoms with Crippen LogP contribution in [-0.2, 0) is 4.74 Å². The van der Waals surface area contributed by atoms with Crippen molar-refractivity contribution in [1.29, 1.82) is 0 Å². The van der Waals surface area contributed by atoms with Crippen LogP contribution in [0.15, 0.2) is 48.9 Å². The molecule has 7 heteroatoms. The number of fused-ring (bicyclic) bond motifs is 1. The summed E-state index contributed by atoms with van der Waals surface area (Å²) >= 11 is 0. The highest BCUT2D eigenvalue weighted by atomic mass is 19.1. The molecule has 0 spiro atoms. The van der Waals surface area contributed by atoms with Crippen LogP contribution in [0.1, 0.15) is 25.5 Å². The van der Waals surface area contributed by atoms with Gasteiger partial charge in [0.2, 0.25) is 0 Å². The van der Waals surface area contributed by atoms with Crippen LogP contribution in [0.5, 0.6) is 0 Å². The Morgan fingerprint density at radius 2 is 2.11 bits per heavy atom. The Morgan fingerprint density at radius 3 is 2.89 bits per heavy atom. The molecular weight excluding hydrogens is 345 g/mol. The molecule has 1 atom stereocenters. The molecule has 0 saturated carbocycles. The summed E-state index contributed by atoms with van der Waals surface area (Å²) in [6.07, 6.45) is 8.16. The van der Waals surface area contributed by atoms with Crippen LogP contribution in [0.25, 0.3) is 33.4 Å². The maximum atomic E-state index is 14.5. The van der Waals surface area contributed by atoms with Crippen molar-refractivity contribution in [3.63, 3.8) is 0 Å². The number of rotatable bonds is 3. The first kappa shape index (κ1) is 16.1. The Bertz CT molecular complexity index is 1080. The molecule has 0 aliphatic carbocycles. The first-order valence-electron chi connectivity index (χ1n) is 9.05. The number of nitrogens with one attached hydrogen (secondary N) is 1. The van der Waals surface area contributed by atoms with Gasteiger partial charge in [0, 0.05) is 29.3 Å². The molecular formula is C20H18FN5O. The number of ether oxygens (including phenoxy) is 1. The average molecular weight is 363 g/mol. The lowest BCUT2D eigenvalue weighted by Crippen LogP contribution is -2.19. The Morgan fingerprint density at radius 1 is 1.19 bits per heavy atom. The number of H-pyrrole nitrogens is 1. The van der Waals surface area contributed by atoms with Crippen LogP contribution in [0, 0.1) is 5.82 Å². The Balaban J connectivity index is 1.73. The van der Waals surface area contributed by atoms with E-state index in [-0.39, 0.29) is 12.0 Å². The number of aromatic amines is 1. The van der Waals surface area contributed by atoms with E-state index in [9.17, 15) is 4.39 Å². The zero-order chi connectivity index (χ0) is 18.2. The van der Waals surface area contributed by atoms with Gasteiger partial charge < -0.3 is 4.74 Å². The molecule has 3 aromatic heterocycles. The molecule has 4 aromatic rings. The molecule has 0 bridgehead atoms. The Hall–Kier alpha value is -3.06. The molecule has 1 aliphatic rings. The fraction of sp³-hybridized carbons (Fsp3) is 0.250. The zero-order valence-corrected chi connectivity index (χ0v) is 14.6. The highest BCUT2D eigenvalue weighted by Crippen LogP contribution is 2.35. The first-order chi connectivity index (χ1) is 13.3. The standard InChI is InChI=1S/C20H18FN5O/c21-16-6-2-1-5-14(16)20-15-9-17(13-10-23-24-11-13)22-12-18(15)26(25-20)19-7-3-4-8-27-19/h1-2,5-6,9-12,19H,3-4,7-8H2,(H,23,24). The van der Waals surface area contributed by atoms with Crippen LogP contribution in [-0.4, -0.2) is 31.6 Å². The van der Waals surface area contributed by atoms with Gasteiger partial charge in [-0.3, -0.25) is 10.1 Å². The second-order valence-corrected chi connectivity index (χ2v) is 6.67. The summed E-state index contributed by atoms with van der Waals surface area (Å²) < 4.78 is 22.3. The van der Waals surface area contributed by atoms with Crippen LogP contribution in [0.3, 0.4) is 0 Å². The molecule has 1 fully saturated rings. The number of halogens is 1. The summed E-state index contributed by atoms with van der Waals surface area (Å²) in [6, 6.07) is 8.64. The molecule has 5 rings (SSSR count). The third-order valence-corrected chi connectivity index (χ3v) is 4.94. The number of hydrogen-bond donors (Lipinski definition) is 1. The van der Waals surface area contributed by atoms with Crippen molar-refractivity contribution in [3.8, 4) is 22.5 Å². The van der Waals surface area contributed by atoms with Gasteiger partial charge in [-0.1, -0.05) is 12.1 Å². The van der Waals surface area contributed by atoms with E-state index in [1.165, 1.54) is 6.07 Å². The van der Waals surface area contributed by atoms with Gasteiger partial charge in [0.15, 0.2) is 6.23 Å². The van der Waals surface area contributed by atoms with E-state index in [2.05, 4.69) is 15.2 Å². The van der Waals surface area contributed by atoms with Crippen LogP contribution in [0.4, 0.5) is 4.39 Å². The molecule has 136 valence electrons. The van der Waals surface area contributed by atoms with Crippen molar-refractivity contribution in [3.05, 3.63) is 54.7 Å². The van der Waals surface area contributed by atoms with E-state index in [1.807, 2.05) is 16.8 Å². The molecule has 27 heavy (non-hydrogen) atoms. The lowest BCUT2D eigenvalue weighted by atomic mass is 10.1. The molecule has 0 amide bonds. The summed E-state index contributed by atoms with van der Waals surface area (Å²) in [7, 11) is 0. The van der Waals surface area contributed by atoms with Gasteiger partial charge in [0.25, 0.3) is 0 Å². The summed E-state index contributed by atoms with van der Waals surface area (Å²) in [6.45, 7) is 0.710. The van der Waals surface area contributed by atoms with E-state index in [0.29, 0.717) is 17.9 Å². The SMILES string of the molecule is Fc1ccccc1-c1nn(C2CCCCO2)c2cnc(-c3cn[nH]c3)cc12. The smallest absolute Gasteiger partial charge is 0.150 e. The molecule has 1 saturated heterocycles. The van der Waals surface area contributed by atoms with Crippen LogP contribution < -0.4 is 0 Å². The fourth-order valence-electron chi connectivity index (χ4n) is 3.57. The Labute approximate surface area is 155 Å². The maximum absolute atomic E-state index is 14.5. The topological polar surface area (TPSA) is 68.6 Å². The van der Waals surface area contributed by atoms with Gasteiger partial charge in [-0.05, 0) is 37.5 Å². The second-order valence-electron chi connectivity index (χ2n) is 6.67. The normalized spacial score (nSPS) is 17.4. The lowest BCUT2D eigenvalue weighted by molar-refractivity contribution is -0.0365. The minimum absolute atomic E-state index is 0.150. The van der Waals surface area contributed by atoms with Crippen molar-refractivity contribution < 1.29 is 9.13 Å². The molecule has 1 aliphatic heterocycles. The number of pyridine rings is 1. The highest BCUT2D eigenvalue weighted by Gasteiger charge is 2.23. The summed E-state index contributed by atoms with van der Waals surface area (Å²) in [5, 5.41) is 12.4. The predicted octanol–water partition coefficient (Wildman–Crippen LogP) is 4.33. The van der Waals surface area contributed by atoms with Gasteiger partial charge in [0.05, 0.1) is 23.6 Å². The van der Waals surface area contributed by atoms with Crippen molar-refractivity contribution in [2.75, 3.05) is 6.61 Å². The van der Waals surface area contributed by atoms with Crippen molar-refractivity contribution in [2.45, 2.75) is 25.5 Å². The van der Waals surface area contributed by atoms with Gasteiger partial charge in [0.1, 0.15) is 11.5 Å². The number of hydrogen-bond acceptors (Lipinski definition) is 4. The van der Waals surface area contributed by atoms with Crippen molar-refractivity contribution in [2.24, 2.45) is 0 Å². The molecule has 1 unspecified atom stereocenters. The first-order valence-corrected chi connectivity index (χ1v) is 9.05. The maximum Gasteiger partial charge on any atom is 0.150 e. The van der Waals surface area contributed by atoms with Gasteiger partial charge in [-0.2, -0.15) is 10.2 Å². The highest BCUT2D eigenvalue weighted by molar-refractivity contribution is 5.95. The van der Waals surface area contributed by atoms with E-state index >= 15 is 0 Å². The average Bonchev–Trinajstić information content (AvgIpc) is 3.37. The molecule has 0 radical (unpaired) electrons. The third kappa shape index (κ3) is 2.80. The fourth-order valence-corrected chi connectivity index (χ4v) is 3.57. The quantitative estimate of drug-likeness (QED) is 0.588. The predicted molar refractivity (Wildman–Crippen MR) is 99.3 cm³/mol. The van der Waals surface area contributed by atoms with E-state index < -0.39 is 0 Å². The van der Waals surface area contributed by atoms with Gasteiger partial charge >= 0.3 is 0 Å². The van der Waals surface area contributed by atoms with E-state index in [4.69, 9.17) is 9.84 Å². The lowest BCUT2D eigenvalue weighted by Gasteiger charge is -2.23. The molecule has 1 N–H and O–H groups in total. The Kier molecular flexibility index (Phi) is 3.94. The van der Waals surface area contributed by atoms with Crippen LogP contribution >= 0.6 is 0 Å². The van der Waals surface area contributed by atoms with E-state index in [0.717, 1.165) is 41.4 Å². The zero-order valence-electron chi connectivity index (χ0n) is 14.6. The molecule has 4 heterocycles. The van der Waals surface area contributed by atoms with Gasteiger partial charge in [-0.15, -0.1) is 0 Å². The number of aromatic nitrogens is 5. The van der Waals surface area contributed by atoms with Crippen molar-refractivity contribution in [1.82, 2.24) is 25.0 Å². The minimum Gasteiger partial charge on any atom is -0.356 e. The molecule has 1 aromatic carbocycles. The van der Waals surface area contributed by atoms with Crippen molar-refractivity contribution >= 4 is 10.9 Å². The van der Waals surface area contributed by atoms with Crippen LogP contribution in [0.2, 0.25) is 0 Å².